The van der Waals surface area contributed by atoms with Gasteiger partial charge < -0.3 is 19.9 Å². The van der Waals surface area contributed by atoms with E-state index < -0.39 is 23.7 Å². The maximum Gasteiger partial charge on any atom is 0.307 e. The average Bonchev–Trinajstić information content (AvgIpc) is 2.86. The third kappa shape index (κ3) is 5.92. The summed E-state index contributed by atoms with van der Waals surface area (Å²) in [5, 5.41) is 16.4. The van der Waals surface area contributed by atoms with Crippen LogP contribution in [0, 0.1) is 11.8 Å². The zero-order chi connectivity index (χ0) is 24.7. The summed E-state index contributed by atoms with van der Waals surface area (Å²) < 4.78 is 10.4. The number of ether oxygens (including phenoxy) is 2. The van der Waals surface area contributed by atoms with Crippen LogP contribution in [0.4, 0.5) is 5.69 Å². The minimum absolute atomic E-state index is 0.273. The molecule has 2 aromatic rings. The van der Waals surface area contributed by atoms with Crippen molar-refractivity contribution in [2.75, 3.05) is 19.5 Å². The Morgan fingerprint density at radius 1 is 0.971 bits per heavy atom. The molecule has 3 N–H and O–H groups in total. The third-order valence-electron chi connectivity index (χ3n) is 5.97. The molecule has 2 aromatic carbocycles. The molecule has 0 bridgehead atoms. The van der Waals surface area contributed by atoms with E-state index in [1.807, 2.05) is 0 Å². The molecule has 0 aromatic heterocycles. The highest BCUT2D eigenvalue weighted by atomic mass is 16.5. The molecule has 0 unspecified atom stereocenters. The number of hydrazone groups is 1. The van der Waals surface area contributed by atoms with Gasteiger partial charge in [-0.1, -0.05) is 25.0 Å². The van der Waals surface area contributed by atoms with E-state index in [1.165, 1.54) is 14.2 Å². The standard InChI is InChI=1S/C25H29N3O6/c1-15(27-28-24(30)21-14-18(33-2)12-13-22(21)34-3)16-8-10-17(11-9-16)26-23(29)19-6-4-5-7-20(19)25(31)32/h8-14,19-20H,4-7H2,1-3H3,(H,26,29)(H,28,30)(H,31,32)/b27-15-/t19-,20-/m1/s1. The summed E-state index contributed by atoms with van der Waals surface area (Å²) in [6.07, 6.45) is 2.78. The Bertz CT molecular complexity index is 1080. The van der Waals surface area contributed by atoms with E-state index in [2.05, 4.69) is 15.8 Å². The van der Waals surface area contributed by atoms with E-state index in [1.54, 1.807) is 49.4 Å². The van der Waals surface area contributed by atoms with Gasteiger partial charge in [0.15, 0.2) is 0 Å². The summed E-state index contributed by atoms with van der Waals surface area (Å²) in [7, 11) is 2.99. The number of anilines is 1. The van der Waals surface area contributed by atoms with Crippen molar-refractivity contribution in [2.24, 2.45) is 16.9 Å². The topological polar surface area (TPSA) is 126 Å². The molecule has 34 heavy (non-hydrogen) atoms. The predicted molar refractivity (Wildman–Crippen MR) is 127 cm³/mol. The van der Waals surface area contributed by atoms with Gasteiger partial charge >= 0.3 is 5.97 Å². The van der Waals surface area contributed by atoms with Crippen LogP contribution in [0.25, 0.3) is 0 Å². The van der Waals surface area contributed by atoms with Gasteiger partial charge in [0.25, 0.3) is 5.91 Å². The fourth-order valence-electron chi connectivity index (χ4n) is 4.02. The van der Waals surface area contributed by atoms with E-state index in [0.29, 0.717) is 41.3 Å². The fourth-order valence-corrected chi connectivity index (χ4v) is 4.02. The predicted octanol–water partition coefficient (Wildman–Crippen LogP) is 3.69. The average molecular weight is 468 g/mol. The van der Waals surface area contributed by atoms with Gasteiger partial charge in [0.1, 0.15) is 11.5 Å². The third-order valence-corrected chi connectivity index (χ3v) is 5.97. The van der Waals surface area contributed by atoms with Crippen molar-refractivity contribution >= 4 is 29.2 Å². The molecular formula is C25H29N3O6. The van der Waals surface area contributed by atoms with Crippen molar-refractivity contribution in [1.82, 2.24) is 5.43 Å². The highest BCUT2D eigenvalue weighted by Gasteiger charge is 2.35. The van der Waals surface area contributed by atoms with E-state index in [-0.39, 0.29) is 5.91 Å². The monoisotopic (exact) mass is 467 g/mol. The number of carbonyl (C=O) groups is 3. The summed E-state index contributed by atoms with van der Waals surface area (Å²) in [5.41, 5.74) is 4.69. The van der Waals surface area contributed by atoms with E-state index in [9.17, 15) is 19.5 Å². The van der Waals surface area contributed by atoms with Gasteiger partial charge in [-0.3, -0.25) is 14.4 Å². The van der Waals surface area contributed by atoms with Crippen LogP contribution in [-0.4, -0.2) is 42.8 Å². The van der Waals surface area contributed by atoms with Crippen molar-refractivity contribution in [3.8, 4) is 11.5 Å². The lowest BCUT2D eigenvalue weighted by Crippen LogP contribution is -2.36. The second kappa shape index (κ2) is 11.3. The van der Waals surface area contributed by atoms with E-state index in [0.717, 1.165) is 18.4 Å². The maximum atomic E-state index is 12.6. The number of hydrogen-bond donors (Lipinski definition) is 3. The molecule has 180 valence electrons. The number of nitrogens with zero attached hydrogens (tertiary/aromatic N) is 1. The number of amides is 2. The molecule has 1 aliphatic carbocycles. The minimum atomic E-state index is -0.921. The highest BCUT2D eigenvalue weighted by Crippen LogP contribution is 2.31. The van der Waals surface area contributed by atoms with E-state index in [4.69, 9.17) is 9.47 Å². The Hall–Kier alpha value is -3.88. The van der Waals surface area contributed by atoms with Crippen molar-refractivity contribution < 1.29 is 29.0 Å². The Labute approximate surface area is 198 Å². The maximum absolute atomic E-state index is 12.6. The van der Waals surface area contributed by atoms with Crippen LogP contribution < -0.4 is 20.2 Å². The molecule has 0 saturated heterocycles. The molecule has 2 atom stereocenters. The molecule has 0 aliphatic heterocycles. The fraction of sp³-hybridized carbons (Fsp3) is 0.360. The van der Waals surface area contributed by atoms with E-state index >= 15 is 0 Å². The number of benzene rings is 2. The molecule has 9 nitrogen and oxygen atoms in total. The van der Waals surface area contributed by atoms with Crippen LogP contribution in [0.2, 0.25) is 0 Å². The molecular weight excluding hydrogens is 438 g/mol. The Kier molecular flexibility index (Phi) is 8.24. The van der Waals surface area contributed by atoms with Crippen LogP contribution in [-0.2, 0) is 9.59 Å². The lowest BCUT2D eigenvalue weighted by Gasteiger charge is -2.27. The lowest BCUT2D eigenvalue weighted by atomic mass is 9.78. The number of carboxylic acid groups (broad SMARTS) is 1. The molecule has 3 rings (SSSR count). The van der Waals surface area contributed by atoms with Crippen molar-refractivity contribution in [3.05, 3.63) is 53.6 Å². The summed E-state index contributed by atoms with van der Waals surface area (Å²) in [6, 6.07) is 11.9. The first-order valence-corrected chi connectivity index (χ1v) is 11.0. The molecule has 0 heterocycles. The Morgan fingerprint density at radius 3 is 2.26 bits per heavy atom. The smallest absolute Gasteiger partial charge is 0.307 e. The summed E-state index contributed by atoms with van der Waals surface area (Å²) in [4.78, 5) is 36.7. The van der Waals surface area contributed by atoms with Gasteiger partial charge in [-0.15, -0.1) is 0 Å². The molecule has 9 heteroatoms. The number of nitrogens with one attached hydrogen (secondary N) is 2. The van der Waals surface area contributed by atoms with Gasteiger partial charge in [-0.05, 0) is 55.7 Å². The zero-order valence-electron chi connectivity index (χ0n) is 19.5. The van der Waals surface area contributed by atoms with Crippen LogP contribution in [0.3, 0.4) is 0 Å². The van der Waals surface area contributed by atoms with Gasteiger partial charge in [0, 0.05) is 5.69 Å². The molecule has 2 amide bonds. The molecule has 0 spiro atoms. The van der Waals surface area contributed by atoms with Gasteiger partial charge in [0.2, 0.25) is 5.91 Å². The van der Waals surface area contributed by atoms with Gasteiger partial charge in [-0.2, -0.15) is 5.10 Å². The second-order valence-electron chi connectivity index (χ2n) is 8.11. The van der Waals surface area contributed by atoms with Crippen LogP contribution in [0.5, 0.6) is 11.5 Å². The first-order valence-electron chi connectivity index (χ1n) is 11.0. The summed E-state index contributed by atoms with van der Waals surface area (Å²) >= 11 is 0. The SMILES string of the molecule is COc1ccc(OC)c(C(=O)N/N=C(/C)c2ccc(NC(=O)[C@@H]3CCCC[C@H]3C(=O)O)cc2)c1. The van der Waals surface area contributed by atoms with Gasteiger partial charge in [0.05, 0.1) is 37.3 Å². The zero-order valence-corrected chi connectivity index (χ0v) is 19.5. The molecule has 1 fully saturated rings. The number of rotatable bonds is 8. The van der Waals surface area contributed by atoms with Crippen LogP contribution >= 0.6 is 0 Å². The van der Waals surface area contributed by atoms with Crippen molar-refractivity contribution in [3.63, 3.8) is 0 Å². The normalized spacial score (nSPS) is 18.0. The highest BCUT2D eigenvalue weighted by molar-refractivity contribution is 6.02. The molecule has 1 saturated carbocycles. The summed E-state index contributed by atoms with van der Waals surface area (Å²) in [6.45, 7) is 1.75. The molecule has 0 radical (unpaired) electrons. The van der Waals surface area contributed by atoms with Gasteiger partial charge in [-0.25, -0.2) is 5.43 Å². The van der Waals surface area contributed by atoms with Crippen LogP contribution in [0.1, 0.15) is 48.5 Å². The number of hydrogen-bond acceptors (Lipinski definition) is 6. The van der Waals surface area contributed by atoms with Crippen molar-refractivity contribution in [1.29, 1.82) is 0 Å². The first-order chi connectivity index (χ1) is 16.3. The second-order valence-corrected chi connectivity index (χ2v) is 8.11. The lowest BCUT2D eigenvalue weighted by molar-refractivity contribution is -0.147. The minimum Gasteiger partial charge on any atom is -0.497 e. The summed E-state index contributed by atoms with van der Waals surface area (Å²) in [5.74, 6) is -1.89. The number of carboxylic acids is 1. The quantitative estimate of drug-likeness (QED) is 0.402. The molecule has 1 aliphatic rings. The largest absolute Gasteiger partial charge is 0.497 e. The number of aliphatic carboxylic acids is 1. The number of methoxy groups -OCH3 is 2. The van der Waals surface area contributed by atoms with Crippen molar-refractivity contribution in [2.45, 2.75) is 32.6 Å². The number of carbonyl (C=O) groups excluding carboxylic acids is 2. The first kappa shape index (κ1) is 24.8. The Balaban J connectivity index is 1.64. The Morgan fingerprint density at radius 2 is 1.65 bits per heavy atom. The van der Waals surface area contributed by atoms with Crippen LogP contribution in [0.15, 0.2) is 47.6 Å².